The van der Waals surface area contributed by atoms with Crippen molar-refractivity contribution in [3.05, 3.63) is 36.0 Å². The summed E-state index contributed by atoms with van der Waals surface area (Å²) in [6.45, 7) is 0. The van der Waals surface area contributed by atoms with Gasteiger partial charge in [-0.2, -0.15) is 5.10 Å². The Hall–Kier alpha value is -2.24. The zero-order valence-corrected chi connectivity index (χ0v) is 7.96. The van der Waals surface area contributed by atoms with E-state index >= 15 is 0 Å². The Morgan fingerprint density at radius 2 is 2.06 bits per heavy atom. The monoisotopic (exact) mass is 220 g/mol. The summed E-state index contributed by atoms with van der Waals surface area (Å²) in [5, 5.41) is 6.44. The molecule has 3 rings (SSSR count). The second-order valence-electron chi connectivity index (χ2n) is 3.34. The van der Waals surface area contributed by atoms with Gasteiger partial charge in [0, 0.05) is 12.3 Å². The first-order chi connectivity index (χ1) is 7.74. The first-order valence-electron chi connectivity index (χ1n) is 4.58. The quantitative estimate of drug-likeness (QED) is 0.660. The molecular weight excluding hydrogens is 214 g/mol. The third kappa shape index (κ3) is 1.27. The van der Waals surface area contributed by atoms with Crippen LogP contribution >= 0.6 is 0 Å². The number of halogens is 2. The Balaban J connectivity index is 2.27. The van der Waals surface area contributed by atoms with Gasteiger partial charge in [0.15, 0.2) is 11.6 Å². The number of hydrogen-bond donors (Lipinski definition) is 2. The van der Waals surface area contributed by atoms with Crippen LogP contribution in [0.1, 0.15) is 0 Å². The lowest BCUT2D eigenvalue weighted by molar-refractivity contribution is 0.591. The van der Waals surface area contributed by atoms with Gasteiger partial charge in [-0.15, -0.1) is 0 Å². The van der Waals surface area contributed by atoms with E-state index in [2.05, 4.69) is 20.2 Å². The summed E-state index contributed by atoms with van der Waals surface area (Å²) in [6, 6.07) is 3.69. The fraction of sp³-hybridized carbons (Fsp3) is 0. The predicted molar refractivity (Wildman–Crippen MR) is 53.6 cm³/mol. The minimum absolute atomic E-state index is 0.117. The van der Waals surface area contributed by atoms with E-state index < -0.39 is 11.6 Å². The number of benzene rings is 1. The highest BCUT2D eigenvalue weighted by Gasteiger charge is 2.11. The van der Waals surface area contributed by atoms with Crippen molar-refractivity contribution >= 4 is 11.0 Å². The molecule has 1 aromatic carbocycles. The highest BCUT2D eigenvalue weighted by molar-refractivity contribution is 5.79. The second-order valence-corrected chi connectivity index (χ2v) is 3.34. The van der Waals surface area contributed by atoms with Gasteiger partial charge in [-0.3, -0.25) is 5.10 Å². The molecule has 0 unspecified atom stereocenters. The van der Waals surface area contributed by atoms with Crippen LogP contribution in [0.5, 0.6) is 0 Å². The van der Waals surface area contributed by atoms with Crippen LogP contribution in [0.15, 0.2) is 24.4 Å². The van der Waals surface area contributed by atoms with E-state index in [4.69, 9.17) is 0 Å². The van der Waals surface area contributed by atoms with E-state index in [0.717, 1.165) is 6.07 Å². The Morgan fingerprint density at radius 1 is 1.19 bits per heavy atom. The number of nitrogens with zero attached hydrogens (tertiary/aromatic N) is 2. The van der Waals surface area contributed by atoms with Gasteiger partial charge in [0.25, 0.3) is 0 Å². The summed E-state index contributed by atoms with van der Waals surface area (Å²) in [5.41, 5.74) is 1.06. The summed E-state index contributed by atoms with van der Waals surface area (Å²) in [6.07, 6.45) is 1.56. The third-order valence-electron chi connectivity index (χ3n) is 2.26. The number of fused-ring (bicyclic) bond motifs is 1. The van der Waals surface area contributed by atoms with Crippen molar-refractivity contribution in [1.29, 1.82) is 0 Å². The van der Waals surface area contributed by atoms with Crippen molar-refractivity contribution in [3.8, 4) is 11.5 Å². The molecule has 0 amide bonds. The van der Waals surface area contributed by atoms with Gasteiger partial charge in [0.2, 0.25) is 0 Å². The number of aromatic nitrogens is 4. The molecule has 0 fully saturated rings. The van der Waals surface area contributed by atoms with Gasteiger partial charge in [0.05, 0.1) is 5.52 Å². The molecule has 0 aliphatic rings. The molecule has 2 heterocycles. The van der Waals surface area contributed by atoms with Crippen LogP contribution in [0.2, 0.25) is 0 Å². The fourth-order valence-corrected chi connectivity index (χ4v) is 1.56. The maximum atomic E-state index is 13.4. The Kier molecular flexibility index (Phi) is 1.76. The molecule has 16 heavy (non-hydrogen) atoms. The summed E-state index contributed by atoms with van der Waals surface area (Å²) in [7, 11) is 0. The predicted octanol–water partition coefficient (Wildman–Crippen LogP) is 2.23. The average molecular weight is 220 g/mol. The van der Waals surface area contributed by atoms with Crippen molar-refractivity contribution < 1.29 is 8.78 Å². The van der Waals surface area contributed by atoms with Gasteiger partial charge in [-0.05, 0) is 12.1 Å². The fourth-order valence-electron chi connectivity index (χ4n) is 1.56. The average Bonchev–Trinajstić information content (AvgIpc) is 2.82. The van der Waals surface area contributed by atoms with Crippen LogP contribution in [-0.4, -0.2) is 20.2 Å². The van der Waals surface area contributed by atoms with Crippen LogP contribution < -0.4 is 0 Å². The topological polar surface area (TPSA) is 57.4 Å². The molecule has 6 heteroatoms. The van der Waals surface area contributed by atoms with Crippen LogP contribution in [0, 0.1) is 11.6 Å². The molecule has 80 valence electrons. The minimum atomic E-state index is -0.683. The molecule has 0 atom stereocenters. The van der Waals surface area contributed by atoms with Crippen LogP contribution in [-0.2, 0) is 0 Å². The van der Waals surface area contributed by atoms with Gasteiger partial charge < -0.3 is 4.98 Å². The van der Waals surface area contributed by atoms with Gasteiger partial charge >= 0.3 is 0 Å². The lowest BCUT2D eigenvalue weighted by Crippen LogP contribution is -1.81. The first-order valence-corrected chi connectivity index (χ1v) is 4.58. The van der Waals surface area contributed by atoms with E-state index in [0.29, 0.717) is 17.0 Å². The molecule has 0 saturated heterocycles. The Bertz CT molecular complexity index is 642. The maximum absolute atomic E-state index is 13.4. The van der Waals surface area contributed by atoms with Crippen molar-refractivity contribution in [3.63, 3.8) is 0 Å². The zero-order chi connectivity index (χ0) is 11.1. The Morgan fingerprint density at radius 3 is 2.81 bits per heavy atom. The lowest BCUT2D eigenvalue weighted by Gasteiger charge is -1.90. The maximum Gasteiger partial charge on any atom is 0.156 e. The van der Waals surface area contributed by atoms with Crippen molar-refractivity contribution in [1.82, 2.24) is 20.2 Å². The van der Waals surface area contributed by atoms with Gasteiger partial charge in [-0.1, -0.05) is 0 Å². The van der Waals surface area contributed by atoms with E-state index in [9.17, 15) is 8.78 Å². The molecule has 2 N–H and O–H groups in total. The second kappa shape index (κ2) is 3.13. The number of H-pyrrole nitrogens is 2. The molecular formula is C10H6F2N4. The van der Waals surface area contributed by atoms with E-state index in [1.165, 1.54) is 6.07 Å². The molecule has 3 aromatic rings. The SMILES string of the molecule is Fc1cc(F)c2nc(-c3ccn[nH]3)[nH]c2c1. The first kappa shape index (κ1) is 9.02. The molecule has 2 aromatic heterocycles. The summed E-state index contributed by atoms with van der Waals surface area (Å²) in [4.78, 5) is 6.84. The molecule has 0 saturated carbocycles. The van der Waals surface area contributed by atoms with Crippen LogP contribution in [0.3, 0.4) is 0 Å². The third-order valence-corrected chi connectivity index (χ3v) is 2.26. The van der Waals surface area contributed by atoms with Crippen molar-refractivity contribution in [2.75, 3.05) is 0 Å². The van der Waals surface area contributed by atoms with E-state index in [-0.39, 0.29) is 5.52 Å². The molecule has 0 aliphatic heterocycles. The largest absolute Gasteiger partial charge is 0.336 e. The number of aromatic amines is 2. The lowest BCUT2D eigenvalue weighted by atomic mass is 10.3. The zero-order valence-electron chi connectivity index (χ0n) is 7.96. The van der Waals surface area contributed by atoms with Gasteiger partial charge in [0.1, 0.15) is 17.0 Å². The van der Waals surface area contributed by atoms with Crippen LogP contribution in [0.25, 0.3) is 22.6 Å². The number of rotatable bonds is 1. The van der Waals surface area contributed by atoms with Crippen molar-refractivity contribution in [2.45, 2.75) is 0 Å². The molecule has 0 radical (unpaired) electrons. The van der Waals surface area contributed by atoms with Crippen LogP contribution in [0.4, 0.5) is 8.78 Å². The Labute approximate surface area is 88.3 Å². The molecule has 0 spiro atoms. The summed E-state index contributed by atoms with van der Waals surface area (Å²) < 4.78 is 26.3. The van der Waals surface area contributed by atoms with E-state index in [1.54, 1.807) is 12.3 Å². The number of hydrogen-bond acceptors (Lipinski definition) is 2. The van der Waals surface area contributed by atoms with E-state index in [1.807, 2.05) is 0 Å². The highest BCUT2D eigenvalue weighted by Crippen LogP contribution is 2.21. The number of nitrogens with one attached hydrogen (secondary N) is 2. The summed E-state index contributed by atoms with van der Waals surface area (Å²) in [5.74, 6) is -0.890. The highest BCUT2D eigenvalue weighted by atomic mass is 19.1. The number of imidazole rings is 1. The summed E-state index contributed by atoms with van der Waals surface area (Å²) >= 11 is 0. The van der Waals surface area contributed by atoms with Gasteiger partial charge in [-0.25, -0.2) is 13.8 Å². The normalized spacial score (nSPS) is 11.1. The molecule has 0 bridgehead atoms. The molecule has 0 aliphatic carbocycles. The van der Waals surface area contributed by atoms with Crippen molar-refractivity contribution in [2.24, 2.45) is 0 Å². The molecule has 4 nitrogen and oxygen atoms in total. The minimum Gasteiger partial charge on any atom is -0.336 e. The smallest absolute Gasteiger partial charge is 0.156 e. The standard InChI is InChI=1S/C10H6F2N4/c11-5-3-6(12)9-8(4-5)14-10(15-9)7-1-2-13-16-7/h1-4H,(H,13,16)(H,14,15).